The molecule has 1 saturated carbocycles. The number of aromatic nitrogens is 2. The number of methoxy groups -OCH3 is 1. The van der Waals surface area contributed by atoms with Crippen LogP contribution in [-0.2, 0) is 4.74 Å². The van der Waals surface area contributed by atoms with Crippen LogP contribution >= 0.6 is 11.3 Å². The van der Waals surface area contributed by atoms with Crippen molar-refractivity contribution < 1.29 is 9.84 Å². The SMILES string of the molecule is COCCNc1cc(N)c2c(n1)N(C1CC1)C(O)C(c1nccs1)=N2. The highest BCUT2D eigenvalue weighted by Crippen LogP contribution is 2.44. The lowest BCUT2D eigenvalue weighted by Gasteiger charge is -2.34. The van der Waals surface area contributed by atoms with E-state index in [9.17, 15) is 5.11 Å². The van der Waals surface area contributed by atoms with Crippen LogP contribution < -0.4 is 16.0 Å². The number of thiazole rings is 1. The van der Waals surface area contributed by atoms with Gasteiger partial charge in [-0.1, -0.05) is 0 Å². The van der Waals surface area contributed by atoms with Crippen LogP contribution in [0.5, 0.6) is 0 Å². The van der Waals surface area contributed by atoms with Crippen molar-refractivity contribution in [2.45, 2.75) is 25.1 Å². The highest BCUT2D eigenvalue weighted by molar-refractivity contribution is 7.11. The zero-order valence-electron chi connectivity index (χ0n) is 13.8. The summed E-state index contributed by atoms with van der Waals surface area (Å²) in [4.78, 5) is 15.5. The second kappa shape index (κ2) is 6.58. The van der Waals surface area contributed by atoms with Crippen molar-refractivity contribution in [2.75, 3.05) is 36.2 Å². The molecule has 9 heteroatoms. The van der Waals surface area contributed by atoms with E-state index in [0.29, 0.717) is 46.9 Å². The fourth-order valence-electron chi connectivity index (χ4n) is 2.87. The molecule has 3 heterocycles. The van der Waals surface area contributed by atoms with Gasteiger partial charge in [-0.3, -0.25) is 0 Å². The van der Waals surface area contributed by atoms with Gasteiger partial charge >= 0.3 is 0 Å². The molecule has 1 unspecified atom stereocenters. The van der Waals surface area contributed by atoms with Gasteiger partial charge in [0, 0.05) is 37.3 Å². The van der Waals surface area contributed by atoms with Crippen LogP contribution in [0, 0.1) is 0 Å². The Hall–Kier alpha value is -2.23. The van der Waals surface area contributed by atoms with Crippen molar-refractivity contribution >= 4 is 40.1 Å². The van der Waals surface area contributed by atoms with Crippen molar-refractivity contribution in [3.63, 3.8) is 0 Å². The van der Waals surface area contributed by atoms with E-state index in [4.69, 9.17) is 10.5 Å². The van der Waals surface area contributed by atoms with Crippen LogP contribution in [-0.4, -0.2) is 53.3 Å². The molecule has 0 radical (unpaired) electrons. The summed E-state index contributed by atoms with van der Waals surface area (Å²) < 4.78 is 5.05. The Morgan fingerprint density at radius 3 is 3.00 bits per heavy atom. The van der Waals surface area contributed by atoms with Gasteiger partial charge in [0.25, 0.3) is 0 Å². The topological polar surface area (TPSA) is 109 Å². The average molecular weight is 360 g/mol. The lowest BCUT2D eigenvalue weighted by atomic mass is 10.2. The molecule has 25 heavy (non-hydrogen) atoms. The lowest BCUT2D eigenvalue weighted by molar-refractivity contribution is 0.210. The molecular weight excluding hydrogens is 340 g/mol. The maximum Gasteiger partial charge on any atom is 0.175 e. The van der Waals surface area contributed by atoms with Gasteiger partial charge in [0.05, 0.1) is 12.3 Å². The fourth-order valence-corrected chi connectivity index (χ4v) is 3.51. The maximum atomic E-state index is 10.9. The molecule has 0 aromatic carbocycles. The fraction of sp³-hybridized carbons (Fsp3) is 0.438. The summed E-state index contributed by atoms with van der Waals surface area (Å²) in [6.45, 7) is 1.20. The molecule has 8 nitrogen and oxygen atoms in total. The van der Waals surface area contributed by atoms with Crippen LogP contribution in [0.1, 0.15) is 17.8 Å². The smallest absolute Gasteiger partial charge is 0.175 e. The molecule has 2 aromatic heterocycles. The number of nitrogens with one attached hydrogen (secondary N) is 1. The molecular formula is C16H20N6O2S. The zero-order valence-corrected chi connectivity index (χ0v) is 14.7. The number of nitrogens with two attached hydrogens (primary N) is 1. The number of nitrogen functional groups attached to an aromatic ring is 1. The first-order valence-corrected chi connectivity index (χ1v) is 9.05. The van der Waals surface area contributed by atoms with Crippen molar-refractivity contribution in [3.05, 3.63) is 22.7 Å². The third-order valence-corrected chi connectivity index (χ3v) is 4.99. The number of nitrogens with zero attached hydrogens (tertiary/aromatic N) is 4. The molecule has 2 aliphatic rings. The summed E-state index contributed by atoms with van der Waals surface area (Å²) in [5.74, 6) is 1.27. The Bertz CT molecular complexity index is 790. The molecule has 1 fully saturated rings. The highest BCUT2D eigenvalue weighted by Gasteiger charge is 2.41. The molecule has 132 valence electrons. The normalized spacial score (nSPS) is 19.5. The van der Waals surface area contributed by atoms with Gasteiger partial charge in [0.15, 0.2) is 12.0 Å². The molecule has 0 bridgehead atoms. The predicted molar refractivity (Wildman–Crippen MR) is 98.8 cm³/mol. The minimum Gasteiger partial charge on any atom is -0.397 e. The summed E-state index contributed by atoms with van der Waals surface area (Å²) in [7, 11) is 1.65. The van der Waals surface area contributed by atoms with E-state index in [0.717, 1.165) is 12.8 Å². The van der Waals surface area contributed by atoms with E-state index < -0.39 is 6.23 Å². The highest BCUT2D eigenvalue weighted by atomic mass is 32.1. The Morgan fingerprint density at radius 1 is 1.48 bits per heavy atom. The third kappa shape index (κ3) is 3.06. The van der Waals surface area contributed by atoms with E-state index in [2.05, 4.69) is 20.3 Å². The van der Waals surface area contributed by atoms with Gasteiger partial charge in [-0.05, 0) is 12.8 Å². The zero-order chi connectivity index (χ0) is 17.4. The van der Waals surface area contributed by atoms with Crippen LogP contribution in [0.15, 0.2) is 22.6 Å². The van der Waals surface area contributed by atoms with Gasteiger partial charge in [-0.2, -0.15) is 0 Å². The summed E-state index contributed by atoms with van der Waals surface area (Å²) in [5.41, 5.74) is 7.90. The van der Waals surface area contributed by atoms with Gasteiger partial charge in [0.1, 0.15) is 22.2 Å². The summed E-state index contributed by atoms with van der Waals surface area (Å²) in [6.07, 6.45) is 2.87. The predicted octanol–water partition coefficient (Wildman–Crippen LogP) is 1.60. The number of anilines is 3. The van der Waals surface area contributed by atoms with E-state index in [1.807, 2.05) is 10.3 Å². The van der Waals surface area contributed by atoms with Gasteiger partial charge in [-0.15, -0.1) is 11.3 Å². The molecule has 4 rings (SSSR count). The molecule has 4 N–H and O–H groups in total. The first kappa shape index (κ1) is 16.2. The standard InChI is InChI=1S/C16H20N6O2S/c1-24-6-4-18-11-8-10(17)12-14(20-11)22(9-2-3-9)16(23)13(21-12)15-19-5-7-25-15/h5,7-9,16,23H,2-4,6H2,1H3,(H3,17,18,20). The van der Waals surface area contributed by atoms with Crippen molar-refractivity contribution in [1.82, 2.24) is 9.97 Å². The monoisotopic (exact) mass is 360 g/mol. The van der Waals surface area contributed by atoms with Gasteiger partial charge in [0.2, 0.25) is 0 Å². The van der Waals surface area contributed by atoms with Crippen molar-refractivity contribution in [2.24, 2.45) is 4.99 Å². The molecule has 0 amide bonds. The van der Waals surface area contributed by atoms with Gasteiger partial charge < -0.3 is 25.8 Å². The number of hydrogen-bond acceptors (Lipinski definition) is 9. The summed E-state index contributed by atoms with van der Waals surface area (Å²) in [6, 6.07) is 2.01. The number of aliphatic hydroxyl groups excluding tert-OH is 1. The van der Waals surface area contributed by atoms with Crippen molar-refractivity contribution in [3.8, 4) is 0 Å². The Kier molecular flexibility index (Phi) is 4.28. The first-order valence-electron chi connectivity index (χ1n) is 8.17. The van der Waals surface area contributed by atoms with Crippen molar-refractivity contribution in [1.29, 1.82) is 0 Å². The quantitative estimate of drug-likeness (QED) is 0.671. The van der Waals surface area contributed by atoms with Crippen LogP contribution in [0.4, 0.5) is 23.0 Å². The number of aliphatic hydroxyl groups is 1. The number of aliphatic imine (C=N–C) groups is 1. The summed E-state index contributed by atoms with van der Waals surface area (Å²) in [5, 5.41) is 16.6. The Labute approximate surface area is 149 Å². The molecule has 0 saturated heterocycles. The van der Waals surface area contributed by atoms with Crippen LogP contribution in [0.2, 0.25) is 0 Å². The summed E-state index contributed by atoms with van der Waals surface area (Å²) >= 11 is 1.45. The third-order valence-electron chi connectivity index (χ3n) is 4.19. The second-order valence-corrected chi connectivity index (χ2v) is 6.93. The Balaban J connectivity index is 1.76. The molecule has 2 aromatic rings. The number of ether oxygens (including phenoxy) is 1. The second-order valence-electron chi connectivity index (χ2n) is 6.03. The molecule has 1 aliphatic heterocycles. The van der Waals surface area contributed by atoms with E-state index in [1.165, 1.54) is 11.3 Å². The average Bonchev–Trinajstić information content (AvgIpc) is 3.28. The molecule has 1 atom stereocenters. The Morgan fingerprint density at radius 2 is 2.32 bits per heavy atom. The number of pyridine rings is 1. The van der Waals surface area contributed by atoms with E-state index >= 15 is 0 Å². The number of fused-ring (bicyclic) bond motifs is 1. The van der Waals surface area contributed by atoms with E-state index in [1.54, 1.807) is 19.4 Å². The maximum absolute atomic E-state index is 10.9. The molecule has 1 aliphatic carbocycles. The van der Waals surface area contributed by atoms with Crippen LogP contribution in [0.25, 0.3) is 0 Å². The minimum atomic E-state index is -0.868. The van der Waals surface area contributed by atoms with E-state index in [-0.39, 0.29) is 6.04 Å². The van der Waals surface area contributed by atoms with Crippen LogP contribution in [0.3, 0.4) is 0 Å². The number of rotatable bonds is 6. The minimum absolute atomic E-state index is 0.250. The molecule has 0 spiro atoms. The largest absolute Gasteiger partial charge is 0.397 e. The lowest BCUT2D eigenvalue weighted by Crippen LogP contribution is -2.45. The van der Waals surface area contributed by atoms with Gasteiger partial charge in [-0.25, -0.2) is 15.0 Å². The number of hydrogen-bond donors (Lipinski definition) is 3. The first-order chi connectivity index (χ1) is 12.2.